The zero-order valence-electron chi connectivity index (χ0n) is 15.3. The zero-order chi connectivity index (χ0) is 21.7. The molecule has 0 fully saturated rings. The van der Waals surface area contributed by atoms with E-state index in [0.717, 1.165) is 18.3 Å². The fraction of sp³-hybridized carbons (Fsp3) is 0.235. The lowest BCUT2D eigenvalue weighted by molar-refractivity contribution is -0.137. The number of pyridine rings is 1. The summed E-state index contributed by atoms with van der Waals surface area (Å²) in [5.74, 6) is -0.295. The Morgan fingerprint density at radius 2 is 2.00 bits per heavy atom. The third kappa shape index (κ3) is 6.08. The third-order valence-electron chi connectivity index (χ3n) is 3.34. The van der Waals surface area contributed by atoms with Gasteiger partial charge < -0.3 is 5.32 Å². The number of hydrogen-bond donors (Lipinski definition) is 3. The molecule has 0 bridgehead atoms. The normalized spacial score (nSPS) is 12.4. The van der Waals surface area contributed by atoms with E-state index in [4.69, 9.17) is 5.26 Å². The minimum atomic E-state index is -4.54. The van der Waals surface area contributed by atoms with Crippen molar-refractivity contribution >= 4 is 27.4 Å². The van der Waals surface area contributed by atoms with Crippen molar-refractivity contribution in [2.45, 2.75) is 31.0 Å². The summed E-state index contributed by atoms with van der Waals surface area (Å²) in [7, 11) is -4.26. The number of anilines is 2. The maximum absolute atomic E-state index is 12.9. The molecule has 0 spiro atoms. The first-order valence-electron chi connectivity index (χ1n) is 8.17. The summed E-state index contributed by atoms with van der Waals surface area (Å²) in [5.41, 5.74) is -0.856. The molecule has 2 aromatic rings. The Balaban J connectivity index is 2.39. The van der Waals surface area contributed by atoms with Gasteiger partial charge in [-0.05, 0) is 38.1 Å². The van der Waals surface area contributed by atoms with E-state index in [9.17, 15) is 21.6 Å². The predicted molar refractivity (Wildman–Crippen MR) is 101 cm³/mol. The molecule has 29 heavy (non-hydrogen) atoms. The van der Waals surface area contributed by atoms with Gasteiger partial charge in [0.25, 0.3) is 10.0 Å². The van der Waals surface area contributed by atoms with E-state index in [1.165, 1.54) is 24.4 Å². The average molecular weight is 426 g/mol. The Morgan fingerprint density at radius 1 is 1.28 bits per heavy atom. The highest BCUT2D eigenvalue weighted by Crippen LogP contribution is 2.32. The molecule has 0 radical (unpaired) electrons. The van der Waals surface area contributed by atoms with Gasteiger partial charge in [0.05, 0.1) is 11.3 Å². The number of halogens is 3. The second kappa shape index (κ2) is 8.78. The maximum Gasteiger partial charge on any atom is 0.416 e. The Bertz CT molecular complexity index is 1050. The Hall–Kier alpha value is -3.33. The van der Waals surface area contributed by atoms with Crippen LogP contribution in [0.4, 0.5) is 24.5 Å². The van der Waals surface area contributed by atoms with Crippen LogP contribution in [0.3, 0.4) is 0 Å². The van der Waals surface area contributed by atoms with Gasteiger partial charge in [0, 0.05) is 24.1 Å². The quantitative estimate of drug-likeness (QED) is 0.293. The molecule has 0 saturated carbocycles. The summed E-state index contributed by atoms with van der Waals surface area (Å²) < 4.78 is 66.3. The van der Waals surface area contributed by atoms with Crippen LogP contribution in [0.25, 0.3) is 0 Å². The van der Waals surface area contributed by atoms with E-state index >= 15 is 0 Å². The first-order valence-corrected chi connectivity index (χ1v) is 9.65. The van der Waals surface area contributed by atoms with Crippen molar-refractivity contribution in [1.29, 1.82) is 5.26 Å². The lowest BCUT2D eigenvalue weighted by Gasteiger charge is -2.15. The molecule has 0 saturated heterocycles. The number of guanidine groups is 1. The first kappa shape index (κ1) is 22.0. The van der Waals surface area contributed by atoms with Crippen LogP contribution in [-0.2, 0) is 16.2 Å². The van der Waals surface area contributed by atoms with Crippen molar-refractivity contribution in [1.82, 2.24) is 15.0 Å². The van der Waals surface area contributed by atoms with Crippen LogP contribution >= 0.6 is 0 Å². The standard InChI is InChI=1S/C17H17F3N6O2S/c1-11(2)24-16(23-10-21)26-29(27,28)15-9-22-7-6-14(15)25-13-5-3-4-12(8-13)17(18,19)20/h3-9,11H,1-2H3,(H,22,25)(H2,23,24,26). The first-order chi connectivity index (χ1) is 13.5. The topological polar surface area (TPSA) is 119 Å². The number of benzene rings is 1. The summed E-state index contributed by atoms with van der Waals surface area (Å²) in [6, 6.07) is 5.30. The van der Waals surface area contributed by atoms with Gasteiger partial charge in [0.2, 0.25) is 5.96 Å². The van der Waals surface area contributed by atoms with Gasteiger partial charge >= 0.3 is 6.18 Å². The molecule has 0 unspecified atom stereocenters. The van der Waals surface area contributed by atoms with E-state index in [2.05, 4.69) is 25.3 Å². The van der Waals surface area contributed by atoms with Crippen molar-refractivity contribution in [3.05, 3.63) is 48.3 Å². The lowest BCUT2D eigenvalue weighted by atomic mass is 10.2. The molecule has 1 aromatic heterocycles. The minimum absolute atomic E-state index is 0.00678. The number of hydrogen-bond acceptors (Lipinski definition) is 6. The van der Waals surface area contributed by atoms with Crippen LogP contribution in [0.5, 0.6) is 0 Å². The minimum Gasteiger partial charge on any atom is -0.354 e. The Kier molecular flexibility index (Phi) is 6.65. The van der Waals surface area contributed by atoms with Crippen molar-refractivity contribution in [2.24, 2.45) is 4.99 Å². The fourth-order valence-electron chi connectivity index (χ4n) is 2.20. The predicted octanol–water partition coefficient (Wildman–Crippen LogP) is 2.96. The highest BCUT2D eigenvalue weighted by molar-refractivity contribution is 7.90. The van der Waals surface area contributed by atoms with Crippen LogP contribution in [0.15, 0.2) is 52.6 Å². The summed E-state index contributed by atoms with van der Waals surface area (Å²) in [4.78, 5) is 7.38. The number of alkyl halides is 3. The highest BCUT2D eigenvalue weighted by atomic mass is 32.2. The zero-order valence-corrected chi connectivity index (χ0v) is 16.1. The highest BCUT2D eigenvalue weighted by Gasteiger charge is 2.30. The van der Waals surface area contributed by atoms with E-state index < -0.39 is 21.8 Å². The summed E-state index contributed by atoms with van der Waals surface area (Å²) >= 11 is 0. The van der Waals surface area contributed by atoms with Gasteiger partial charge in [-0.15, -0.1) is 0 Å². The van der Waals surface area contributed by atoms with Crippen molar-refractivity contribution in [3.63, 3.8) is 0 Å². The van der Waals surface area contributed by atoms with Gasteiger partial charge in [-0.2, -0.15) is 18.4 Å². The lowest BCUT2D eigenvalue weighted by Crippen LogP contribution is -2.39. The number of nitrogens with zero attached hydrogens (tertiary/aromatic N) is 3. The molecular formula is C17H17F3N6O2S. The molecule has 1 heterocycles. The van der Waals surface area contributed by atoms with Crippen molar-refractivity contribution < 1.29 is 21.6 Å². The molecule has 0 aliphatic rings. The monoisotopic (exact) mass is 426 g/mol. The second-order valence-electron chi connectivity index (χ2n) is 5.99. The second-order valence-corrected chi connectivity index (χ2v) is 7.64. The summed E-state index contributed by atoms with van der Waals surface area (Å²) in [6.45, 7) is 3.36. The fourth-order valence-corrected chi connectivity index (χ4v) is 3.28. The van der Waals surface area contributed by atoms with E-state index in [1.54, 1.807) is 20.0 Å². The van der Waals surface area contributed by atoms with Crippen LogP contribution < -0.4 is 15.4 Å². The van der Waals surface area contributed by atoms with Crippen molar-refractivity contribution in [3.8, 4) is 6.19 Å². The van der Waals surface area contributed by atoms with Crippen LogP contribution in [0.2, 0.25) is 0 Å². The molecular weight excluding hydrogens is 409 g/mol. The molecule has 12 heteroatoms. The summed E-state index contributed by atoms with van der Waals surface area (Å²) in [6.07, 6.45) is -0.659. The van der Waals surface area contributed by atoms with E-state index in [1.807, 2.05) is 0 Å². The number of rotatable bonds is 5. The van der Waals surface area contributed by atoms with E-state index in [0.29, 0.717) is 0 Å². The van der Waals surface area contributed by atoms with E-state index in [-0.39, 0.29) is 28.3 Å². The molecule has 3 N–H and O–H groups in total. The SMILES string of the molecule is CC(C)N=C(NC#N)NS(=O)(=O)c1cnccc1Nc1cccc(C(F)(F)F)c1. The smallest absolute Gasteiger partial charge is 0.354 e. The van der Waals surface area contributed by atoms with Crippen LogP contribution in [0, 0.1) is 11.5 Å². The number of sulfonamides is 1. The van der Waals surface area contributed by atoms with Crippen LogP contribution in [0.1, 0.15) is 19.4 Å². The van der Waals surface area contributed by atoms with Gasteiger partial charge in [-0.25, -0.2) is 18.1 Å². The molecule has 1 aromatic carbocycles. The van der Waals surface area contributed by atoms with Gasteiger partial charge in [-0.1, -0.05) is 6.07 Å². The molecule has 8 nitrogen and oxygen atoms in total. The molecule has 0 amide bonds. The Labute approximate surface area is 165 Å². The number of aromatic nitrogens is 1. The molecule has 2 rings (SSSR count). The van der Waals surface area contributed by atoms with Gasteiger partial charge in [0.1, 0.15) is 4.90 Å². The molecule has 0 atom stereocenters. The van der Waals surface area contributed by atoms with Crippen LogP contribution in [-0.4, -0.2) is 25.4 Å². The molecule has 154 valence electrons. The largest absolute Gasteiger partial charge is 0.416 e. The number of nitriles is 1. The number of nitrogens with one attached hydrogen (secondary N) is 3. The van der Waals surface area contributed by atoms with Crippen molar-refractivity contribution in [2.75, 3.05) is 5.32 Å². The van der Waals surface area contributed by atoms with Gasteiger partial charge in [0.15, 0.2) is 6.19 Å². The molecule has 0 aliphatic carbocycles. The van der Waals surface area contributed by atoms with Gasteiger partial charge in [-0.3, -0.25) is 10.3 Å². The third-order valence-corrected chi connectivity index (χ3v) is 4.70. The average Bonchev–Trinajstić information content (AvgIpc) is 2.61. The molecule has 0 aliphatic heterocycles. The Morgan fingerprint density at radius 3 is 2.62 bits per heavy atom. The summed E-state index contributed by atoms with van der Waals surface area (Å²) in [5, 5.41) is 13.5. The number of aliphatic imine (C=N–C) groups is 1. The maximum atomic E-state index is 12.9.